The summed E-state index contributed by atoms with van der Waals surface area (Å²) < 4.78 is 153. The summed E-state index contributed by atoms with van der Waals surface area (Å²) in [6.07, 6.45) is -14.3. The Morgan fingerprint density at radius 3 is 0.683 bits per heavy atom. The van der Waals surface area contributed by atoms with Crippen LogP contribution in [0.4, 0.5) is 52.7 Å². The fraction of sp³-hybridized carbons (Fsp3) is 0.455. The number of alkyl halides is 12. The molecule has 4 rings (SSSR count). The van der Waals surface area contributed by atoms with E-state index in [0.29, 0.717) is 73.6 Å². The zero-order chi connectivity index (χ0) is 44.7. The molecule has 0 saturated heterocycles. The minimum absolute atomic E-state index is 0.0675. The van der Waals surface area contributed by atoms with E-state index in [-0.39, 0.29) is 50.1 Å². The third kappa shape index (κ3) is 16.4. The third-order valence-corrected chi connectivity index (χ3v) is 10.4. The van der Waals surface area contributed by atoms with Crippen LogP contribution in [0.15, 0.2) is 97.1 Å². The summed E-state index contributed by atoms with van der Waals surface area (Å²) in [6.45, 7) is -0.584. The second-order valence-corrected chi connectivity index (χ2v) is 14.7. The van der Waals surface area contributed by atoms with Crippen molar-refractivity contribution in [2.45, 2.75) is 76.1 Å². The molecule has 0 bridgehead atoms. The van der Waals surface area contributed by atoms with Crippen LogP contribution in [0.25, 0.3) is 0 Å². The van der Waals surface area contributed by atoms with Gasteiger partial charge in [0, 0.05) is 26.4 Å². The monoisotopic (exact) mass is 868 g/mol. The fourth-order valence-corrected chi connectivity index (χ4v) is 7.01. The highest BCUT2D eigenvalue weighted by molar-refractivity contribution is 5.28. The van der Waals surface area contributed by atoms with Gasteiger partial charge in [0.15, 0.2) is 0 Å². The minimum atomic E-state index is -4.43. The smallest absolute Gasteiger partial charge is 0.396 e. The second-order valence-electron chi connectivity index (χ2n) is 14.7. The van der Waals surface area contributed by atoms with E-state index in [4.69, 9.17) is 10.2 Å². The van der Waals surface area contributed by atoms with Crippen LogP contribution in [0.1, 0.15) is 70.2 Å². The predicted octanol–water partition coefficient (Wildman–Crippen LogP) is 11.0. The standard InChI is InChI=1S/2C22H24F6O2/c2*23-21(24,25)19-7-3-15(4-8-19)12-17(2-1-11-29)18(14-30)13-16-5-9-20(10-6-16)22(26,27)28/h2*3-10,17-18,29-30H,1-2,11-14H2/t2*17-,18+/m10/s1. The number of hydrogen-bond donors (Lipinski definition) is 4. The lowest BCUT2D eigenvalue weighted by molar-refractivity contribution is -0.138. The maximum atomic E-state index is 12.7. The molecule has 332 valence electrons. The molecule has 4 N–H and O–H groups in total. The molecule has 0 saturated carbocycles. The Hall–Kier alpha value is -4.12. The summed E-state index contributed by atoms with van der Waals surface area (Å²) in [4.78, 5) is 0. The topological polar surface area (TPSA) is 80.9 Å². The Morgan fingerprint density at radius 2 is 0.517 bits per heavy atom. The van der Waals surface area contributed by atoms with Crippen LogP contribution in [-0.4, -0.2) is 46.9 Å². The molecule has 4 aromatic carbocycles. The first-order valence-electron chi connectivity index (χ1n) is 19.2. The number of aliphatic hydroxyl groups excluding tert-OH is 4. The van der Waals surface area contributed by atoms with Gasteiger partial charge in [0.25, 0.3) is 0 Å². The lowest BCUT2D eigenvalue weighted by Gasteiger charge is -2.26. The van der Waals surface area contributed by atoms with Crippen molar-refractivity contribution in [1.29, 1.82) is 0 Å². The lowest BCUT2D eigenvalue weighted by atomic mass is 9.80. The number of aliphatic hydroxyl groups is 4. The van der Waals surface area contributed by atoms with Crippen LogP contribution < -0.4 is 0 Å². The number of hydrogen-bond acceptors (Lipinski definition) is 4. The summed E-state index contributed by atoms with van der Waals surface area (Å²) in [6, 6.07) is 19.0. The van der Waals surface area contributed by atoms with Crippen LogP contribution in [0.3, 0.4) is 0 Å². The van der Waals surface area contributed by atoms with Gasteiger partial charge in [-0.15, -0.1) is 0 Å². The van der Waals surface area contributed by atoms with Crippen molar-refractivity contribution in [1.82, 2.24) is 0 Å². The lowest BCUT2D eigenvalue weighted by Crippen LogP contribution is -2.24. The first-order chi connectivity index (χ1) is 28.1. The normalized spacial score (nSPS) is 14.5. The van der Waals surface area contributed by atoms with Gasteiger partial charge in [-0.2, -0.15) is 52.7 Å². The zero-order valence-corrected chi connectivity index (χ0v) is 32.4. The van der Waals surface area contributed by atoms with Crippen LogP contribution in [-0.2, 0) is 50.4 Å². The molecule has 0 spiro atoms. The zero-order valence-electron chi connectivity index (χ0n) is 32.4. The SMILES string of the molecule is OCCC[C@@H](Cc1ccc(C(F)(F)F)cc1)[C@@H](CO)Cc1ccc(C(F)(F)F)cc1.OCCC[C@H](Cc1ccc(C(F)(F)F)cc1)[C@H](CO)Cc1ccc(C(F)(F)F)cc1. The van der Waals surface area contributed by atoms with Gasteiger partial charge >= 0.3 is 24.7 Å². The molecular weight excluding hydrogens is 820 g/mol. The Bertz CT molecular complexity index is 1670. The molecule has 16 heteroatoms. The molecule has 4 aromatic rings. The largest absolute Gasteiger partial charge is 0.416 e. The van der Waals surface area contributed by atoms with Crippen LogP contribution in [0, 0.1) is 23.7 Å². The van der Waals surface area contributed by atoms with Gasteiger partial charge in [0.05, 0.1) is 22.3 Å². The minimum Gasteiger partial charge on any atom is -0.396 e. The molecule has 60 heavy (non-hydrogen) atoms. The molecule has 0 aliphatic heterocycles. The highest BCUT2D eigenvalue weighted by Crippen LogP contribution is 2.35. The van der Waals surface area contributed by atoms with E-state index in [0.717, 1.165) is 48.5 Å². The van der Waals surface area contributed by atoms with Crippen molar-refractivity contribution >= 4 is 0 Å². The molecule has 0 fully saturated rings. The summed E-state index contributed by atoms with van der Waals surface area (Å²) >= 11 is 0. The molecule has 0 radical (unpaired) electrons. The molecular formula is C44H48F12O4. The first kappa shape index (κ1) is 50.2. The maximum Gasteiger partial charge on any atom is 0.416 e. The molecule has 4 nitrogen and oxygen atoms in total. The Balaban J connectivity index is 0.000000320. The molecule has 0 aliphatic carbocycles. The Morgan fingerprint density at radius 1 is 0.317 bits per heavy atom. The van der Waals surface area contributed by atoms with Gasteiger partial charge in [-0.05, 0) is 146 Å². The molecule has 0 unspecified atom stereocenters. The van der Waals surface area contributed by atoms with Crippen LogP contribution in [0.2, 0.25) is 0 Å². The van der Waals surface area contributed by atoms with Crippen molar-refractivity contribution in [2.24, 2.45) is 23.7 Å². The van der Waals surface area contributed by atoms with E-state index in [1.807, 2.05) is 0 Å². The van der Waals surface area contributed by atoms with Gasteiger partial charge < -0.3 is 20.4 Å². The summed E-state index contributed by atoms with van der Waals surface area (Å²) in [7, 11) is 0. The molecule has 0 heterocycles. The predicted molar refractivity (Wildman–Crippen MR) is 201 cm³/mol. The van der Waals surface area contributed by atoms with Crippen molar-refractivity contribution in [3.05, 3.63) is 142 Å². The van der Waals surface area contributed by atoms with Crippen molar-refractivity contribution in [2.75, 3.05) is 26.4 Å². The van der Waals surface area contributed by atoms with Gasteiger partial charge in [0.1, 0.15) is 0 Å². The van der Waals surface area contributed by atoms with E-state index < -0.39 is 47.0 Å². The summed E-state index contributed by atoms with van der Waals surface area (Å²) in [5.41, 5.74) is -0.425. The van der Waals surface area contributed by atoms with Gasteiger partial charge in [-0.25, -0.2) is 0 Å². The number of halogens is 12. The highest BCUT2D eigenvalue weighted by atomic mass is 19.4. The molecule has 4 atom stereocenters. The summed E-state index contributed by atoms with van der Waals surface area (Å²) in [5.74, 6) is -0.923. The van der Waals surface area contributed by atoms with Gasteiger partial charge in [0.2, 0.25) is 0 Å². The molecule has 0 amide bonds. The number of rotatable bonds is 18. The Kier molecular flexibility index (Phi) is 19.0. The van der Waals surface area contributed by atoms with Crippen molar-refractivity contribution in [3.63, 3.8) is 0 Å². The van der Waals surface area contributed by atoms with Crippen LogP contribution in [0.5, 0.6) is 0 Å². The summed E-state index contributed by atoms with van der Waals surface area (Å²) in [5, 5.41) is 38.1. The molecule has 0 aromatic heterocycles. The second kappa shape index (κ2) is 22.6. The van der Waals surface area contributed by atoms with Crippen LogP contribution >= 0.6 is 0 Å². The highest BCUT2D eigenvalue weighted by Gasteiger charge is 2.33. The van der Waals surface area contributed by atoms with Gasteiger partial charge in [-0.3, -0.25) is 0 Å². The van der Waals surface area contributed by atoms with Crippen molar-refractivity contribution in [3.8, 4) is 0 Å². The van der Waals surface area contributed by atoms with E-state index in [9.17, 15) is 62.9 Å². The fourth-order valence-electron chi connectivity index (χ4n) is 7.01. The van der Waals surface area contributed by atoms with E-state index >= 15 is 0 Å². The Labute approximate surface area is 340 Å². The first-order valence-corrected chi connectivity index (χ1v) is 19.2. The third-order valence-electron chi connectivity index (χ3n) is 10.4. The van der Waals surface area contributed by atoms with Crippen molar-refractivity contribution < 1.29 is 73.1 Å². The number of benzene rings is 4. The van der Waals surface area contributed by atoms with E-state index in [1.165, 1.54) is 48.5 Å². The quantitative estimate of drug-likeness (QED) is 0.0751. The average Bonchev–Trinajstić information content (AvgIpc) is 3.19. The maximum absolute atomic E-state index is 12.7. The average molecular weight is 869 g/mol. The van der Waals surface area contributed by atoms with E-state index in [2.05, 4.69) is 0 Å². The van der Waals surface area contributed by atoms with Gasteiger partial charge in [-0.1, -0.05) is 48.5 Å². The van der Waals surface area contributed by atoms with E-state index in [1.54, 1.807) is 0 Å². The molecule has 0 aliphatic rings.